The van der Waals surface area contributed by atoms with Gasteiger partial charge in [-0.05, 0) is 40.2 Å². The lowest BCUT2D eigenvalue weighted by atomic mass is 10.2. The molecule has 0 unspecified atom stereocenters. The molecule has 0 saturated heterocycles. The molecular formula is C13H7BrCl2F3N. The molecule has 2 aromatic carbocycles. The van der Waals surface area contributed by atoms with E-state index in [9.17, 15) is 13.2 Å². The van der Waals surface area contributed by atoms with Crippen LogP contribution in [-0.4, -0.2) is 0 Å². The molecule has 0 aliphatic carbocycles. The molecule has 2 rings (SSSR count). The fraction of sp³-hybridized carbons (Fsp3) is 0.0769. The zero-order chi connectivity index (χ0) is 14.9. The van der Waals surface area contributed by atoms with Crippen molar-refractivity contribution in [3.8, 4) is 0 Å². The summed E-state index contributed by atoms with van der Waals surface area (Å²) in [5.41, 5.74) is 0.219. The highest BCUT2D eigenvalue weighted by Crippen LogP contribution is 2.28. The second kappa shape index (κ2) is 6.24. The molecule has 0 aromatic heterocycles. The van der Waals surface area contributed by atoms with Crippen molar-refractivity contribution >= 4 is 44.8 Å². The zero-order valence-electron chi connectivity index (χ0n) is 9.78. The highest BCUT2D eigenvalue weighted by Gasteiger charge is 2.13. The van der Waals surface area contributed by atoms with Gasteiger partial charge in [0.15, 0.2) is 5.82 Å². The van der Waals surface area contributed by atoms with Crippen molar-refractivity contribution in [3.05, 3.63) is 61.8 Å². The molecule has 20 heavy (non-hydrogen) atoms. The molecule has 106 valence electrons. The molecule has 1 N–H and O–H groups in total. The van der Waals surface area contributed by atoms with Crippen LogP contribution < -0.4 is 5.32 Å². The number of nitrogens with one attached hydrogen (secondary N) is 1. The predicted octanol–water partition coefficient (Wildman–Crippen LogP) is 5.79. The van der Waals surface area contributed by atoms with Crippen molar-refractivity contribution in [3.63, 3.8) is 0 Å². The fourth-order valence-electron chi connectivity index (χ4n) is 1.58. The average molecular weight is 385 g/mol. The lowest BCUT2D eigenvalue weighted by Crippen LogP contribution is -2.05. The van der Waals surface area contributed by atoms with Gasteiger partial charge in [0.05, 0.1) is 14.5 Å². The van der Waals surface area contributed by atoms with Crippen molar-refractivity contribution in [1.29, 1.82) is 0 Å². The average Bonchev–Trinajstić information content (AvgIpc) is 2.40. The van der Waals surface area contributed by atoms with Gasteiger partial charge >= 0.3 is 0 Å². The van der Waals surface area contributed by atoms with Crippen LogP contribution in [0.2, 0.25) is 10.0 Å². The second-order valence-electron chi connectivity index (χ2n) is 3.93. The Kier molecular flexibility index (Phi) is 4.83. The number of hydrogen-bond donors (Lipinski definition) is 1. The van der Waals surface area contributed by atoms with Crippen LogP contribution in [0.15, 0.2) is 28.7 Å². The van der Waals surface area contributed by atoms with Gasteiger partial charge in [0.2, 0.25) is 0 Å². The SMILES string of the molecule is Fc1ccc(Br)c(F)c1CNc1cc(Cl)c(F)c(Cl)c1. The minimum atomic E-state index is -0.737. The maximum absolute atomic E-state index is 13.7. The molecule has 0 aliphatic rings. The molecule has 0 fully saturated rings. The summed E-state index contributed by atoms with van der Waals surface area (Å²) in [6.07, 6.45) is 0. The first-order valence-electron chi connectivity index (χ1n) is 5.41. The molecule has 0 atom stereocenters. The van der Waals surface area contributed by atoms with Crippen LogP contribution >= 0.6 is 39.1 Å². The van der Waals surface area contributed by atoms with Gasteiger partial charge in [-0.15, -0.1) is 0 Å². The van der Waals surface area contributed by atoms with Gasteiger partial charge in [0, 0.05) is 17.8 Å². The van der Waals surface area contributed by atoms with E-state index in [1.165, 1.54) is 18.2 Å². The number of benzene rings is 2. The first-order valence-corrected chi connectivity index (χ1v) is 6.96. The van der Waals surface area contributed by atoms with E-state index in [1.807, 2.05) is 0 Å². The Balaban J connectivity index is 2.24. The Morgan fingerprint density at radius 1 is 1.00 bits per heavy atom. The summed E-state index contributed by atoms with van der Waals surface area (Å²) < 4.78 is 40.7. The normalized spacial score (nSPS) is 10.7. The Labute approximate surface area is 131 Å². The van der Waals surface area contributed by atoms with Crippen LogP contribution in [0.1, 0.15) is 5.56 Å². The van der Waals surface area contributed by atoms with Crippen LogP contribution in [0.25, 0.3) is 0 Å². The smallest absolute Gasteiger partial charge is 0.160 e. The standard InChI is InChI=1S/C13H7BrCl2F3N/c14-8-1-2-11(17)7(12(8)18)5-20-6-3-9(15)13(19)10(16)4-6/h1-4,20H,5H2. The Morgan fingerprint density at radius 2 is 1.60 bits per heavy atom. The highest BCUT2D eigenvalue weighted by atomic mass is 79.9. The second-order valence-corrected chi connectivity index (χ2v) is 5.60. The maximum atomic E-state index is 13.7. The largest absolute Gasteiger partial charge is 0.381 e. The Bertz CT molecular complexity index is 641. The highest BCUT2D eigenvalue weighted by molar-refractivity contribution is 9.10. The van der Waals surface area contributed by atoms with Crippen LogP contribution in [-0.2, 0) is 6.54 Å². The fourth-order valence-corrected chi connectivity index (χ4v) is 2.44. The van der Waals surface area contributed by atoms with Crippen molar-refractivity contribution in [2.24, 2.45) is 0 Å². The van der Waals surface area contributed by atoms with E-state index in [-0.39, 0.29) is 26.6 Å². The first-order chi connectivity index (χ1) is 9.40. The number of rotatable bonds is 3. The molecule has 7 heteroatoms. The Morgan fingerprint density at radius 3 is 2.20 bits per heavy atom. The third kappa shape index (κ3) is 3.22. The molecule has 0 saturated carbocycles. The third-order valence-corrected chi connectivity index (χ3v) is 3.75. The lowest BCUT2D eigenvalue weighted by molar-refractivity contribution is 0.555. The first kappa shape index (κ1) is 15.5. The van der Waals surface area contributed by atoms with Crippen LogP contribution in [0.4, 0.5) is 18.9 Å². The van der Waals surface area contributed by atoms with Gasteiger partial charge < -0.3 is 5.32 Å². The minimum absolute atomic E-state index is 0.130. The van der Waals surface area contributed by atoms with Crippen molar-refractivity contribution in [2.75, 3.05) is 5.32 Å². The van der Waals surface area contributed by atoms with Gasteiger partial charge in [-0.2, -0.15) is 0 Å². The summed E-state index contributed by atoms with van der Waals surface area (Å²) in [5.74, 6) is -2.12. The van der Waals surface area contributed by atoms with Crippen LogP contribution in [0.3, 0.4) is 0 Å². The summed E-state index contributed by atoms with van der Waals surface area (Å²) in [5, 5.41) is 2.40. The van der Waals surface area contributed by atoms with E-state index in [2.05, 4.69) is 21.2 Å². The molecule has 0 amide bonds. The van der Waals surface area contributed by atoms with Crippen molar-refractivity contribution in [1.82, 2.24) is 0 Å². The summed E-state index contributed by atoms with van der Waals surface area (Å²) >= 11 is 14.2. The summed E-state index contributed by atoms with van der Waals surface area (Å²) in [4.78, 5) is 0. The van der Waals surface area contributed by atoms with Crippen LogP contribution in [0, 0.1) is 17.5 Å². The molecule has 0 aliphatic heterocycles. The van der Waals surface area contributed by atoms with Crippen molar-refractivity contribution in [2.45, 2.75) is 6.54 Å². The van der Waals surface area contributed by atoms with E-state index >= 15 is 0 Å². The number of anilines is 1. The monoisotopic (exact) mass is 383 g/mol. The van der Waals surface area contributed by atoms with Crippen molar-refractivity contribution < 1.29 is 13.2 Å². The number of halogens is 6. The van der Waals surface area contributed by atoms with E-state index < -0.39 is 17.5 Å². The topological polar surface area (TPSA) is 12.0 Å². The minimum Gasteiger partial charge on any atom is -0.381 e. The summed E-state index contributed by atoms with van der Waals surface area (Å²) in [6.45, 7) is -0.130. The van der Waals surface area contributed by atoms with Gasteiger partial charge in [-0.1, -0.05) is 23.2 Å². The van der Waals surface area contributed by atoms with E-state index in [1.54, 1.807) is 0 Å². The summed E-state index contributed by atoms with van der Waals surface area (Å²) in [7, 11) is 0. The van der Waals surface area contributed by atoms with Crippen LogP contribution in [0.5, 0.6) is 0 Å². The predicted molar refractivity (Wildman–Crippen MR) is 77.8 cm³/mol. The molecule has 0 spiro atoms. The molecular weight excluding hydrogens is 378 g/mol. The third-order valence-electron chi connectivity index (χ3n) is 2.59. The van der Waals surface area contributed by atoms with E-state index in [0.717, 1.165) is 6.07 Å². The number of hydrogen-bond acceptors (Lipinski definition) is 1. The lowest BCUT2D eigenvalue weighted by Gasteiger charge is -2.10. The molecule has 0 radical (unpaired) electrons. The quantitative estimate of drug-likeness (QED) is 0.522. The van der Waals surface area contributed by atoms with Gasteiger partial charge in [-0.3, -0.25) is 0 Å². The van der Waals surface area contributed by atoms with E-state index in [0.29, 0.717) is 5.69 Å². The summed E-state index contributed by atoms with van der Waals surface area (Å²) in [6, 6.07) is 5.00. The van der Waals surface area contributed by atoms with Gasteiger partial charge in [0.1, 0.15) is 11.6 Å². The zero-order valence-corrected chi connectivity index (χ0v) is 12.9. The molecule has 0 heterocycles. The maximum Gasteiger partial charge on any atom is 0.160 e. The Hall–Kier alpha value is -0.910. The van der Waals surface area contributed by atoms with Gasteiger partial charge in [0.25, 0.3) is 0 Å². The molecule has 0 bridgehead atoms. The molecule has 1 nitrogen and oxygen atoms in total. The molecule has 2 aromatic rings. The van der Waals surface area contributed by atoms with Gasteiger partial charge in [-0.25, -0.2) is 13.2 Å². The van der Waals surface area contributed by atoms with E-state index in [4.69, 9.17) is 23.2 Å².